The fourth-order valence-corrected chi connectivity index (χ4v) is 3.04. The van der Waals surface area contributed by atoms with Crippen LogP contribution in [0.5, 0.6) is 0 Å². The van der Waals surface area contributed by atoms with Gasteiger partial charge in [-0.2, -0.15) is 0 Å². The molecule has 0 bridgehead atoms. The van der Waals surface area contributed by atoms with E-state index < -0.39 is 0 Å². The normalized spacial score (nSPS) is 12.5. The first kappa shape index (κ1) is 13.1. The van der Waals surface area contributed by atoms with Crippen molar-refractivity contribution in [2.75, 3.05) is 6.26 Å². The molecule has 0 fully saturated rings. The van der Waals surface area contributed by atoms with Gasteiger partial charge in [0.2, 0.25) is 0 Å². The van der Waals surface area contributed by atoms with E-state index in [0.29, 0.717) is 5.88 Å². The van der Waals surface area contributed by atoms with Crippen LogP contribution in [0.4, 0.5) is 0 Å². The second-order valence-electron chi connectivity index (χ2n) is 3.15. The fraction of sp³-hybridized carbons (Fsp3) is 0.364. The molecule has 82 valence electrons. The molecule has 0 saturated heterocycles. The first-order valence-electron chi connectivity index (χ1n) is 4.48. The molecular formula is C11H12BrClOS. The standard InChI is InChI=1S/C11H12BrClOS/c1-7(14)10(12)9-5-3-4-8(6-13)11(9)15-2/h3-5,10H,6H2,1-2H3. The molecule has 0 amide bonds. The number of Topliss-reactive ketones (excluding diaryl/α,β-unsaturated/α-hetero) is 1. The van der Waals surface area contributed by atoms with Crippen LogP contribution in [-0.2, 0) is 10.7 Å². The van der Waals surface area contributed by atoms with Gasteiger partial charge in [0, 0.05) is 10.8 Å². The van der Waals surface area contributed by atoms with Gasteiger partial charge in [0.25, 0.3) is 0 Å². The zero-order valence-electron chi connectivity index (χ0n) is 8.59. The van der Waals surface area contributed by atoms with E-state index in [0.717, 1.165) is 16.0 Å². The molecule has 1 nitrogen and oxygen atoms in total. The Hall–Kier alpha value is 0.01000. The first-order valence-corrected chi connectivity index (χ1v) is 7.15. The van der Waals surface area contributed by atoms with Crippen LogP contribution >= 0.6 is 39.3 Å². The number of halogens is 2. The zero-order valence-corrected chi connectivity index (χ0v) is 11.7. The van der Waals surface area contributed by atoms with Gasteiger partial charge in [0.05, 0.1) is 4.83 Å². The van der Waals surface area contributed by atoms with Crippen molar-refractivity contribution in [2.24, 2.45) is 0 Å². The maximum Gasteiger partial charge on any atom is 0.147 e. The topological polar surface area (TPSA) is 17.1 Å². The maximum absolute atomic E-state index is 11.3. The zero-order chi connectivity index (χ0) is 11.4. The summed E-state index contributed by atoms with van der Waals surface area (Å²) in [6.07, 6.45) is 1.99. The molecule has 0 aliphatic rings. The van der Waals surface area contributed by atoms with Crippen LogP contribution in [0.1, 0.15) is 22.9 Å². The third-order valence-electron chi connectivity index (χ3n) is 2.11. The van der Waals surface area contributed by atoms with Gasteiger partial charge in [-0.05, 0) is 24.3 Å². The minimum atomic E-state index is -0.233. The van der Waals surface area contributed by atoms with Gasteiger partial charge in [-0.25, -0.2) is 0 Å². The summed E-state index contributed by atoms with van der Waals surface area (Å²) in [5.41, 5.74) is 2.08. The van der Waals surface area contributed by atoms with Gasteiger partial charge >= 0.3 is 0 Å². The summed E-state index contributed by atoms with van der Waals surface area (Å²) in [5.74, 6) is 0.582. The summed E-state index contributed by atoms with van der Waals surface area (Å²) < 4.78 is 0. The van der Waals surface area contributed by atoms with Crippen LogP contribution in [0.3, 0.4) is 0 Å². The second-order valence-corrected chi connectivity index (χ2v) is 5.15. The minimum Gasteiger partial charge on any atom is -0.298 e. The van der Waals surface area contributed by atoms with Crippen LogP contribution in [0.15, 0.2) is 23.1 Å². The smallest absolute Gasteiger partial charge is 0.147 e. The van der Waals surface area contributed by atoms with Crippen molar-refractivity contribution in [1.82, 2.24) is 0 Å². The lowest BCUT2D eigenvalue weighted by molar-refractivity contribution is -0.116. The lowest BCUT2D eigenvalue weighted by atomic mass is 10.1. The van der Waals surface area contributed by atoms with E-state index >= 15 is 0 Å². The lowest BCUT2D eigenvalue weighted by Crippen LogP contribution is -2.03. The summed E-state index contributed by atoms with van der Waals surface area (Å²) in [6.45, 7) is 1.58. The molecular weight excluding hydrogens is 296 g/mol. The number of benzene rings is 1. The summed E-state index contributed by atoms with van der Waals surface area (Å²) >= 11 is 10.9. The Bertz CT molecular complexity index is 368. The fourth-order valence-electron chi connectivity index (χ4n) is 1.38. The molecule has 1 unspecified atom stereocenters. The summed E-state index contributed by atoms with van der Waals surface area (Å²) in [5, 5.41) is 0. The van der Waals surface area contributed by atoms with E-state index in [9.17, 15) is 4.79 Å². The maximum atomic E-state index is 11.3. The summed E-state index contributed by atoms with van der Waals surface area (Å²) in [7, 11) is 0. The van der Waals surface area contributed by atoms with Crippen molar-refractivity contribution in [3.05, 3.63) is 29.3 Å². The van der Waals surface area contributed by atoms with Gasteiger partial charge in [-0.15, -0.1) is 23.4 Å². The minimum absolute atomic E-state index is 0.108. The van der Waals surface area contributed by atoms with Crippen molar-refractivity contribution in [2.45, 2.75) is 22.5 Å². The predicted molar refractivity (Wildman–Crippen MR) is 70.1 cm³/mol. The van der Waals surface area contributed by atoms with Crippen molar-refractivity contribution < 1.29 is 4.79 Å². The van der Waals surface area contributed by atoms with Crippen molar-refractivity contribution in [3.8, 4) is 0 Å². The largest absolute Gasteiger partial charge is 0.298 e. The van der Waals surface area contributed by atoms with Gasteiger partial charge in [-0.3, -0.25) is 4.79 Å². The molecule has 1 aromatic rings. The second kappa shape index (κ2) is 5.92. The molecule has 1 rings (SSSR count). The number of alkyl halides is 2. The number of ketones is 1. The van der Waals surface area contributed by atoms with E-state index in [2.05, 4.69) is 15.9 Å². The molecule has 0 aliphatic heterocycles. The van der Waals surface area contributed by atoms with Crippen LogP contribution in [0, 0.1) is 0 Å². The quantitative estimate of drug-likeness (QED) is 0.613. The van der Waals surface area contributed by atoms with Crippen molar-refractivity contribution >= 4 is 45.1 Å². The predicted octanol–water partition coefficient (Wildman–Crippen LogP) is 4.17. The molecule has 0 aliphatic carbocycles. The summed E-state index contributed by atoms with van der Waals surface area (Å²) in [4.78, 5) is 12.2. The van der Waals surface area contributed by atoms with E-state index in [1.54, 1.807) is 18.7 Å². The number of thioether (sulfide) groups is 1. The van der Waals surface area contributed by atoms with E-state index in [4.69, 9.17) is 11.6 Å². The Morgan fingerprint density at radius 1 is 1.60 bits per heavy atom. The molecule has 4 heteroatoms. The average Bonchev–Trinajstić information content (AvgIpc) is 2.26. The molecule has 0 spiro atoms. The van der Waals surface area contributed by atoms with Gasteiger partial charge in [0.1, 0.15) is 5.78 Å². The molecule has 0 radical (unpaired) electrons. The van der Waals surface area contributed by atoms with Gasteiger partial charge in [0.15, 0.2) is 0 Å². The van der Waals surface area contributed by atoms with Crippen molar-refractivity contribution in [3.63, 3.8) is 0 Å². The Morgan fingerprint density at radius 2 is 2.27 bits per heavy atom. The number of rotatable bonds is 4. The number of hydrogen-bond donors (Lipinski definition) is 0. The van der Waals surface area contributed by atoms with E-state index in [-0.39, 0.29) is 10.6 Å². The highest BCUT2D eigenvalue weighted by Crippen LogP contribution is 2.34. The van der Waals surface area contributed by atoms with E-state index in [1.165, 1.54) is 0 Å². The third-order valence-corrected chi connectivity index (χ3v) is 4.44. The average molecular weight is 308 g/mol. The highest BCUT2D eigenvalue weighted by molar-refractivity contribution is 9.09. The highest BCUT2D eigenvalue weighted by atomic mass is 79.9. The molecule has 0 aromatic heterocycles. The highest BCUT2D eigenvalue weighted by Gasteiger charge is 2.17. The lowest BCUT2D eigenvalue weighted by Gasteiger charge is -2.14. The Kier molecular flexibility index (Phi) is 5.16. The van der Waals surface area contributed by atoms with Crippen LogP contribution < -0.4 is 0 Å². The number of carbonyl (C=O) groups excluding carboxylic acids is 1. The molecule has 1 aromatic carbocycles. The third kappa shape index (κ3) is 2.99. The Balaban J connectivity index is 3.22. The van der Waals surface area contributed by atoms with Gasteiger partial charge in [-0.1, -0.05) is 34.1 Å². The number of hydrogen-bond acceptors (Lipinski definition) is 2. The van der Waals surface area contributed by atoms with E-state index in [1.807, 2.05) is 24.5 Å². The molecule has 0 N–H and O–H groups in total. The molecule has 0 saturated carbocycles. The Morgan fingerprint density at radius 3 is 2.73 bits per heavy atom. The van der Waals surface area contributed by atoms with Crippen LogP contribution in [0.25, 0.3) is 0 Å². The SMILES string of the molecule is CSc1c(CCl)cccc1C(Br)C(C)=O. The van der Waals surface area contributed by atoms with Crippen LogP contribution in [0.2, 0.25) is 0 Å². The number of carbonyl (C=O) groups is 1. The monoisotopic (exact) mass is 306 g/mol. The van der Waals surface area contributed by atoms with Crippen LogP contribution in [-0.4, -0.2) is 12.0 Å². The molecule has 0 heterocycles. The molecule has 15 heavy (non-hydrogen) atoms. The summed E-state index contributed by atoms with van der Waals surface area (Å²) in [6, 6.07) is 5.88. The van der Waals surface area contributed by atoms with Crippen molar-refractivity contribution in [1.29, 1.82) is 0 Å². The molecule has 1 atom stereocenters. The Labute approximate surface area is 108 Å². The van der Waals surface area contributed by atoms with Gasteiger partial charge < -0.3 is 0 Å². The first-order chi connectivity index (χ1) is 7.11.